The van der Waals surface area contributed by atoms with E-state index < -0.39 is 28.9 Å². The Bertz CT molecular complexity index is 649. The highest BCUT2D eigenvalue weighted by Gasteiger charge is 2.17. The van der Waals surface area contributed by atoms with Gasteiger partial charge in [-0.15, -0.1) is 0 Å². The lowest BCUT2D eigenvalue weighted by Crippen LogP contribution is -2.26. The molecular weight excluding hydrogens is 292 g/mol. The van der Waals surface area contributed by atoms with E-state index in [9.17, 15) is 18.7 Å². The standard InChI is InChI=1S/C16H15F2NO3/c17-12-7-13(18)15(14(21)8-12)16(22)19-6-5-10-1-3-11(9-20)4-2-10/h1-4,7-8,20-21H,5-6,9H2,(H,19,22). The third-order valence-electron chi connectivity index (χ3n) is 3.17. The van der Waals surface area contributed by atoms with Crippen molar-refractivity contribution >= 4 is 5.91 Å². The number of amides is 1. The Morgan fingerprint density at radius 2 is 1.73 bits per heavy atom. The SMILES string of the molecule is O=C(NCCc1ccc(CO)cc1)c1c(O)cc(F)cc1F. The van der Waals surface area contributed by atoms with E-state index >= 15 is 0 Å². The number of phenolic OH excluding ortho intramolecular Hbond substituents is 1. The van der Waals surface area contributed by atoms with Gasteiger partial charge < -0.3 is 15.5 Å². The second kappa shape index (κ2) is 7.00. The summed E-state index contributed by atoms with van der Waals surface area (Å²) in [6, 6.07) is 8.39. The molecule has 6 heteroatoms. The minimum Gasteiger partial charge on any atom is -0.507 e. The third-order valence-corrected chi connectivity index (χ3v) is 3.17. The van der Waals surface area contributed by atoms with Crippen molar-refractivity contribution < 1.29 is 23.8 Å². The quantitative estimate of drug-likeness (QED) is 0.792. The maximum atomic E-state index is 13.5. The van der Waals surface area contributed by atoms with Crippen LogP contribution in [0.15, 0.2) is 36.4 Å². The van der Waals surface area contributed by atoms with Crippen LogP contribution in [0.3, 0.4) is 0 Å². The first-order valence-electron chi connectivity index (χ1n) is 6.66. The lowest BCUT2D eigenvalue weighted by Gasteiger charge is -2.08. The molecule has 1 amide bonds. The fourth-order valence-electron chi connectivity index (χ4n) is 2.00. The van der Waals surface area contributed by atoms with Crippen LogP contribution >= 0.6 is 0 Å². The molecule has 2 aromatic rings. The lowest BCUT2D eigenvalue weighted by atomic mass is 10.1. The van der Waals surface area contributed by atoms with Gasteiger partial charge in [0.25, 0.3) is 5.91 Å². The second-order valence-corrected chi connectivity index (χ2v) is 4.76. The normalized spacial score (nSPS) is 10.5. The number of hydrogen-bond donors (Lipinski definition) is 3. The number of aromatic hydroxyl groups is 1. The van der Waals surface area contributed by atoms with Gasteiger partial charge in [0.2, 0.25) is 0 Å². The molecule has 0 aliphatic carbocycles. The number of halogens is 2. The maximum Gasteiger partial charge on any atom is 0.258 e. The summed E-state index contributed by atoms with van der Waals surface area (Å²) in [5, 5.41) is 20.9. The molecule has 0 atom stereocenters. The van der Waals surface area contributed by atoms with Crippen LogP contribution in [0.4, 0.5) is 8.78 Å². The molecule has 0 heterocycles. The number of aliphatic hydroxyl groups is 1. The molecule has 2 rings (SSSR count). The number of hydrogen-bond acceptors (Lipinski definition) is 3. The van der Waals surface area contributed by atoms with Crippen molar-refractivity contribution in [3.05, 3.63) is 64.7 Å². The first-order chi connectivity index (χ1) is 10.5. The molecular formula is C16H15F2NO3. The average Bonchev–Trinajstić information content (AvgIpc) is 2.47. The first kappa shape index (κ1) is 15.9. The molecule has 2 aromatic carbocycles. The number of carbonyl (C=O) groups excluding carboxylic acids is 1. The molecule has 0 aromatic heterocycles. The summed E-state index contributed by atoms with van der Waals surface area (Å²) < 4.78 is 26.4. The predicted molar refractivity (Wildman–Crippen MR) is 76.4 cm³/mol. The van der Waals surface area contributed by atoms with E-state index in [1.807, 2.05) is 12.1 Å². The second-order valence-electron chi connectivity index (χ2n) is 4.76. The van der Waals surface area contributed by atoms with Gasteiger partial charge in [0.05, 0.1) is 6.61 Å². The Morgan fingerprint density at radius 1 is 1.09 bits per heavy atom. The molecule has 116 valence electrons. The lowest BCUT2D eigenvalue weighted by molar-refractivity contribution is 0.0947. The molecule has 0 radical (unpaired) electrons. The highest BCUT2D eigenvalue weighted by Crippen LogP contribution is 2.21. The van der Waals surface area contributed by atoms with Crippen molar-refractivity contribution in [3.63, 3.8) is 0 Å². The van der Waals surface area contributed by atoms with E-state index in [1.54, 1.807) is 12.1 Å². The smallest absolute Gasteiger partial charge is 0.258 e. The van der Waals surface area contributed by atoms with Gasteiger partial charge in [0.15, 0.2) is 0 Å². The third kappa shape index (κ3) is 3.79. The molecule has 0 bridgehead atoms. The van der Waals surface area contributed by atoms with Crippen molar-refractivity contribution in [1.29, 1.82) is 0 Å². The maximum absolute atomic E-state index is 13.5. The number of rotatable bonds is 5. The van der Waals surface area contributed by atoms with Gasteiger partial charge in [-0.1, -0.05) is 24.3 Å². The van der Waals surface area contributed by atoms with E-state index in [-0.39, 0.29) is 13.2 Å². The monoisotopic (exact) mass is 307 g/mol. The molecule has 3 N–H and O–H groups in total. The van der Waals surface area contributed by atoms with Crippen LogP contribution in [0.1, 0.15) is 21.5 Å². The van der Waals surface area contributed by atoms with Crippen molar-refractivity contribution in [2.75, 3.05) is 6.54 Å². The summed E-state index contributed by atoms with van der Waals surface area (Å²) >= 11 is 0. The van der Waals surface area contributed by atoms with Gasteiger partial charge in [0.1, 0.15) is 22.9 Å². The van der Waals surface area contributed by atoms with Crippen molar-refractivity contribution in [1.82, 2.24) is 5.32 Å². The van der Waals surface area contributed by atoms with Gasteiger partial charge in [-0.25, -0.2) is 8.78 Å². The summed E-state index contributed by atoms with van der Waals surface area (Å²) in [5.41, 5.74) is 1.14. The van der Waals surface area contributed by atoms with Gasteiger partial charge >= 0.3 is 0 Å². The van der Waals surface area contributed by atoms with Crippen molar-refractivity contribution in [2.24, 2.45) is 0 Å². The van der Waals surface area contributed by atoms with Crippen LogP contribution in [0.5, 0.6) is 5.75 Å². The number of carbonyl (C=O) groups is 1. The topological polar surface area (TPSA) is 69.6 Å². The number of phenols is 1. The Kier molecular flexibility index (Phi) is 5.06. The minimum atomic E-state index is -1.11. The Balaban J connectivity index is 1.95. The summed E-state index contributed by atoms with van der Waals surface area (Å²) in [6.07, 6.45) is 0.501. The van der Waals surface area contributed by atoms with Gasteiger partial charge in [0, 0.05) is 18.7 Å². The fourth-order valence-corrected chi connectivity index (χ4v) is 2.00. The molecule has 0 saturated carbocycles. The summed E-state index contributed by atoms with van der Waals surface area (Å²) in [7, 11) is 0. The van der Waals surface area contributed by atoms with E-state index in [0.717, 1.165) is 11.1 Å². The molecule has 0 aliphatic heterocycles. The van der Waals surface area contributed by atoms with E-state index in [2.05, 4.69) is 5.32 Å². The van der Waals surface area contributed by atoms with Crippen LogP contribution in [-0.4, -0.2) is 22.7 Å². The fraction of sp³-hybridized carbons (Fsp3) is 0.188. The van der Waals surface area contributed by atoms with E-state index in [0.29, 0.717) is 18.6 Å². The van der Waals surface area contributed by atoms with E-state index in [4.69, 9.17) is 5.11 Å². The Hall–Kier alpha value is -2.47. The van der Waals surface area contributed by atoms with Crippen LogP contribution in [0.25, 0.3) is 0 Å². The molecule has 0 spiro atoms. The summed E-state index contributed by atoms with van der Waals surface area (Å²) in [5.74, 6) is -3.60. The number of benzene rings is 2. The van der Waals surface area contributed by atoms with Crippen molar-refractivity contribution in [3.8, 4) is 5.75 Å². The number of aliphatic hydroxyl groups excluding tert-OH is 1. The summed E-state index contributed by atoms with van der Waals surface area (Å²) in [6.45, 7) is 0.188. The molecule has 0 saturated heterocycles. The average molecular weight is 307 g/mol. The number of nitrogens with one attached hydrogen (secondary N) is 1. The minimum absolute atomic E-state index is 0.0415. The molecule has 0 aliphatic rings. The first-order valence-corrected chi connectivity index (χ1v) is 6.66. The molecule has 0 fully saturated rings. The Morgan fingerprint density at radius 3 is 2.32 bits per heavy atom. The van der Waals surface area contributed by atoms with Gasteiger partial charge in [-0.05, 0) is 17.5 Å². The largest absolute Gasteiger partial charge is 0.507 e. The van der Waals surface area contributed by atoms with Crippen LogP contribution in [0, 0.1) is 11.6 Å². The van der Waals surface area contributed by atoms with Crippen molar-refractivity contribution in [2.45, 2.75) is 13.0 Å². The predicted octanol–water partition coefficient (Wildman–Crippen LogP) is 2.14. The Labute approximate surface area is 126 Å². The highest BCUT2D eigenvalue weighted by molar-refractivity contribution is 5.97. The van der Waals surface area contributed by atoms with Crippen LogP contribution in [0.2, 0.25) is 0 Å². The zero-order valence-electron chi connectivity index (χ0n) is 11.6. The zero-order chi connectivity index (χ0) is 16.1. The molecule has 0 unspecified atom stereocenters. The summed E-state index contributed by atoms with van der Waals surface area (Å²) in [4.78, 5) is 11.8. The highest BCUT2D eigenvalue weighted by atomic mass is 19.1. The van der Waals surface area contributed by atoms with Gasteiger partial charge in [-0.3, -0.25) is 4.79 Å². The van der Waals surface area contributed by atoms with E-state index in [1.165, 1.54) is 0 Å². The van der Waals surface area contributed by atoms with Gasteiger partial charge in [-0.2, -0.15) is 0 Å². The molecule has 22 heavy (non-hydrogen) atoms. The van der Waals surface area contributed by atoms with Crippen LogP contribution in [-0.2, 0) is 13.0 Å². The zero-order valence-corrected chi connectivity index (χ0v) is 11.6. The van der Waals surface area contributed by atoms with Crippen LogP contribution < -0.4 is 5.32 Å². The molecule has 4 nitrogen and oxygen atoms in total.